The van der Waals surface area contributed by atoms with Gasteiger partial charge < -0.3 is 19.8 Å². The molecule has 0 bridgehead atoms. The third kappa shape index (κ3) is 3.41. The molecule has 3 rings (SSSR count). The van der Waals surface area contributed by atoms with Gasteiger partial charge in [0.05, 0.1) is 13.5 Å². The van der Waals surface area contributed by atoms with Crippen molar-refractivity contribution in [3.05, 3.63) is 59.3 Å². The molecule has 2 aromatic carbocycles. The Balaban J connectivity index is 1.84. The van der Waals surface area contributed by atoms with E-state index >= 15 is 0 Å². The quantitative estimate of drug-likeness (QED) is 0.425. The summed E-state index contributed by atoms with van der Waals surface area (Å²) in [6, 6.07) is 12.7. The molecule has 0 fully saturated rings. The second-order valence-corrected chi connectivity index (χ2v) is 6.49. The number of thiocarbonyl (C=S) groups is 1. The molecule has 1 aromatic heterocycles. The third-order valence-corrected chi connectivity index (χ3v) is 4.76. The largest absolute Gasteiger partial charge is 0.497 e. The van der Waals surface area contributed by atoms with Crippen molar-refractivity contribution in [2.75, 3.05) is 7.11 Å². The Morgan fingerprint density at radius 3 is 2.42 bits per heavy atom. The molecule has 0 unspecified atom stereocenters. The van der Waals surface area contributed by atoms with Crippen molar-refractivity contribution in [2.45, 2.75) is 13.3 Å². The maximum absolute atomic E-state index is 12.4. The van der Waals surface area contributed by atoms with Crippen LogP contribution in [0, 0.1) is 6.92 Å². The van der Waals surface area contributed by atoms with Gasteiger partial charge in [-0.2, -0.15) is 0 Å². The molecule has 0 aliphatic heterocycles. The van der Waals surface area contributed by atoms with E-state index < -0.39 is 0 Å². The molecule has 0 aliphatic carbocycles. The summed E-state index contributed by atoms with van der Waals surface area (Å²) in [6.07, 6.45) is 0.174. The highest BCUT2D eigenvalue weighted by Crippen LogP contribution is 2.29. The van der Waals surface area contributed by atoms with Crippen molar-refractivity contribution in [3.8, 4) is 11.5 Å². The number of nitrogens with zero attached hydrogens (tertiary/aromatic N) is 1. The van der Waals surface area contributed by atoms with E-state index in [-0.39, 0.29) is 12.4 Å². The monoisotopic (exact) mass is 368 g/mol. The molecule has 0 aliphatic rings. The number of ether oxygens (including phenoxy) is 2. The molecule has 6 heteroatoms. The fraction of sp³-hybridized carbons (Fsp3) is 0.200. The first kappa shape index (κ1) is 17.9. The summed E-state index contributed by atoms with van der Waals surface area (Å²) in [4.78, 5) is 12.8. The van der Waals surface area contributed by atoms with Crippen LogP contribution in [0.2, 0.25) is 0 Å². The van der Waals surface area contributed by atoms with Crippen LogP contribution < -0.4 is 15.2 Å². The van der Waals surface area contributed by atoms with E-state index in [0.29, 0.717) is 10.7 Å². The van der Waals surface area contributed by atoms with Gasteiger partial charge in [-0.3, -0.25) is 4.79 Å². The van der Waals surface area contributed by atoms with E-state index in [2.05, 4.69) is 4.57 Å². The average molecular weight is 368 g/mol. The molecule has 134 valence electrons. The Labute approximate surface area is 157 Å². The van der Waals surface area contributed by atoms with Crippen LogP contribution in [0.4, 0.5) is 0 Å². The summed E-state index contributed by atoms with van der Waals surface area (Å²) in [7, 11) is 3.61. The lowest BCUT2D eigenvalue weighted by Gasteiger charge is -2.06. The Kier molecular flexibility index (Phi) is 4.95. The lowest BCUT2D eigenvalue weighted by molar-refractivity contribution is -0.133. The first-order valence-electron chi connectivity index (χ1n) is 8.13. The number of hydrogen-bond acceptors (Lipinski definition) is 4. The molecular formula is C20H20N2O3S. The Hall–Kier alpha value is -2.86. The van der Waals surface area contributed by atoms with Gasteiger partial charge in [0.1, 0.15) is 16.5 Å². The molecule has 1 heterocycles. The number of hydrogen-bond donors (Lipinski definition) is 1. The van der Waals surface area contributed by atoms with E-state index in [9.17, 15) is 4.79 Å². The molecule has 0 atom stereocenters. The second kappa shape index (κ2) is 7.17. The number of carbonyl (C=O) groups is 1. The summed E-state index contributed by atoms with van der Waals surface area (Å²) in [5.74, 6) is 0.892. The van der Waals surface area contributed by atoms with Crippen molar-refractivity contribution in [1.82, 2.24) is 4.57 Å². The number of rotatable bonds is 5. The topological polar surface area (TPSA) is 66.5 Å². The molecule has 0 radical (unpaired) electrons. The van der Waals surface area contributed by atoms with Gasteiger partial charge in [0.25, 0.3) is 0 Å². The van der Waals surface area contributed by atoms with Crippen molar-refractivity contribution in [2.24, 2.45) is 12.8 Å². The van der Waals surface area contributed by atoms with Crippen molar-refractivity contribution >= 4 is 34.1 Å². The van der Waals surface area contributed by atoms with Gasteiger partial charge in [-0.15, -0.1) is 0 Å². The second-order valence-electron chi connectivity index (χ2n) is 6.05. The SMILES string of the molecule is COc1ccc2c(c1)c(CC(=O)Oc1ccc(C(N)=S)cc1)c(C)n2C. The van der Waals surface area contributed by atoms with Gasteiger partial charge in [0, 0.05) is 29.2 Å². The maximum Gasteiger partial charge on any atom is 0.315 e. The molecule has 3 aromatic rings. The van der Waals surface area contributed by atoms with Crippen molar-refractivity contribution < 1.29 is 14.3 Å². The van der Waals surface area contributed by atoms with Crippen LogP contribution >= 0.6 is 12.2 Å². The molecule has 0 spiro atoms. The zero-order valence-electron chi connectivity index (χ0n) is 14.9. The van der Waals surface area contributed by atoms with Gasteiger partial charge in [-0.1, -0.05) is 12.2 Å². The number of aryl methyl sites for hydroxylation is 1. The number of aromatic nitrogens is 1. The first-order chi connectivity index (χ1) is 12.4. The average Bonchev–Trinajstić information content (AvgIpc) is 2.86. The smallest absolute Gasteiger partial charge is 0.315 e. The highest BCUT2D eigenvalue weighted by molar-refractivity contribution is 7.80. The fourth-order valence-corrected chi connectivity index (χ4v) is 3.11. The zero-order valence-corrected chi connectivity index (χ0v) is 15.7. The molecule has 0 saturated carbocycles. The highest BCUT2D eigenvalue weighted by atomic mass is 32.1. The van der Waals surface area contributed by atoms with E-state index in [1.54, 1.807) is 31.4 Å². The zero-order chi connectivity index (χ0) is 18.8. The molecule has 26 heavy (non-hydrogen) atoms. The van der Waals surface area contributed by atoms with Crippen molar-refractivity contribution in [3.63, 3.8) is 0 Å². The van der Waals surface area contributed by atoms with Crippen LogP contribution in [0.3, 0.4) is 0 Å². The summed E-state index contributed by atoms with van der Waals surface area (Å²) in [6.45, 7) is 1.99. The predicted molar refractivity (Wildman–Crippen MR) is 106 cm³/mol. The van der Waals surface area contributed by atoms with Crippen LogP contribution in [-0.2, 0) is 18.3 Å². The predicted octanol–water partition coefficient (Wildman–Crippen LogP) is 3.28. The standard InChI is InChI=1S/C20H20N2O3S/c1-12-16(17-10-15(24-3)8-9-18(17)22(12)2)11-19(23)25-14-6-4-13(5-7-14)20(21)26/h4-10H,11H2,1-3H3,(H2,21,26). The van der Waals surface area contributed by atoms with E-state index in [1.165, 1.54) is 0 Å². The number of carbonyl (C=O) groups excluding carboxylic acids is 1. The summed E-state index contributed by atoms with van der Waals surface area (Å²) < 4.78 is 12.8. The first-order valence-corrected chi connectivity index (χ1v) is 8.54. The lowest BCUT2D eigenvalue weighted by atomic mass is 10.1. The van der Waals surface area contributed by atoms with Gasteiger partial charge in [0.2, 0.25) is 0 Å². The van der Waals surface area contributed by atoms with Gasteiger partial charge >= 0.3 is 5.97 Å². The Bertz CT molecular complexity index is 990. The van der Waals surface area contributed by atoms with Crippen LogP contribution in [-0.4, -0.2) is 22.6 Å². The molecule has 0 amide bonds. The Morgan fingerprint density at radius 1 is 1.15 bits per heavy atom. The van der Waals surface area contributed by atoms with Gasteiger partial charge in [0.15, 0.2) is 0 Å². The Morgan fingerprint density at radius 2 is 1.81 bits per heavy atom. The molecular weight excluding hydrogens is 348 g/mol. The molecule has 0 saturated heterocycles. The van der Waals surface area contributed by atoms with Crippen LogP contribution in [0.15, 0.2) is 42.5 Å². The van der Waals surface area contributed by atoms with Crippen LogP contribution in [0.1, 0.15) is 16.8 Å². The number of methoxy groups -OCH3 is 1. The minimum absolute atomic E-state index is 0.174. The minimum atomic E-state index is -0.327. The fourth-order valence-electron chi connectivity index (χ4n) is 2.98. The number of benzene rings is 2. The highest BCUT2D eigenvalue weighted by Gasteiger charge is 2.17. The number of esters is 1. The minimum Gasteiger partial charge on any atom is -0.497 e. The number of nitrogens with two attached hydrogens (primary N) is 1. The summed E-state index contributed by atoms with van der Waals surface area (Å²) in [5.41, 5.74) is 9.31. The maximum atomic E-state index is 12.4. The normalized spacial score (nSPS) is 10.7. The number of fused-ring (bicyclic) bond motifs is 1. The summed E-state index contributed by atoms with van der Waals surface area (Å²) in [5, 5.41) is 0.991. The van der Waals surface area contributed by atoms with Crippen molar-refractivity contribution in [1.29, 1.82) is 0 Å². The van der Waals surface area contributed by atoms with E-state index in [4.69, 9.17) is 27.4 Å². The third-order valence-electron chi connectivity index (χ3n) is 4.52. The van der Waals surface area contributed by atoms with Crippen LogP contribution in [0.5, 0.6) is 11.5 Å². The summed E-state index contributed by atoms with van der Waals surface area (Å²) >= 11 is 4.92. The van der Waals surface area contributed by atoms with Crippen LogP contribution in [0.25, 0.3) is 10.9 Å². The lowest BCUT2D eigenvalue weighted by Crippen LogP contribution is -2.13. The van der Waals surface area contributed by atoms with E-state index in [0.717, 1.165) is 33.5 Å². The van der Waals surface area contributed by atoms with Gasteiger partial charge in [-0.05, 0) is 55.0 Å². The molecule has 5 nitrogen and oxygen atoms in total. The van der Waals surface area contributed by atoms with E-state index in [1.807, 2.05) is 32.2 Å². The van der Waals surface area contributed by atoms with Gasteiger partial charge in [-0.25, -0.2) is 0 Å². The molecule has 2 N–H and O–H groups in total.